The molecule has 0 atom stereocenters. The van der Waals surface area contributed by atoms with E-state index in [1.807, 2.05) is 0 Å². The zero-order valence-electron chi connectivity index (χ0n) is 7.69. The SMILES string of the molecule is O=S(=O)(CCl)N1CCC(O)(CO)CC1. The van der Waals surface area contributed by atoms with Gasteiger partial charge in [0.05, 0.1) is 12.2 Å². The molecule has 0 unspecified atom stereocenters. The predicted octanol–water partition coefficient (Wildman–Crippen LogP) is -0.668. The lowest BCUT2D eigenvalue weighted by Gasteiger charge is -2.35. The predicted molar refractivity (Wildman–Crippen MR) is 52.5 cm³/mol. The number of sulfonamides is 1. The first kappa shape index (κ1) is 12.2. The molecule has 2 N–H and O–H groups in total. The Morgan fingerprint density at radius 1 is 1.36 bits per heavy atom. The van der Waals surface area contributed by atoms with Gasteiger partial charge in [0, 0.05) is 13.1 Å². The molecular weight excluding hydrogens is 230 g/mol. The van der Waals surface area contributed by atoms with E-state index in [1.165, 1.54) is 4.31 Å². The van der Waals surface area contributed by atoms with Crippen molar-refractivity contribution in [1.82, 2.24) is 4.31 Å². The monoisotopic (exact) mass is 243 g/mol. The summed E-state index contributed by atoms with van der Waals surface area (Å²) >= 11 is 5.29. The molecule has 7 heteroatoms. The normalized spacial score (nSPS) is 23.6. The summed E-state index contributed by atoms with van der Waals surface area (Å²) in [5.74, 6) is 0. The van der Waals surface area contributed by atoms with E-state index in [0.717, 1.165) is 0 Å². The van der Waals surface area contributed by atoms with Crippen molar-refractivity contribution in [2.24, 2.45) is 0 Å². The van der Waals surface area contributed by atoms with Crippen molar-refractivity contribution in [2.45, 2.75) is 18.4 Å². The van der Waals surface area contributed by atoms with Gasteiger partial charge in [-0.1, -0.05) is 0 Å². The highest BCUT2D eigenvalue weighted by Crippen LogP contribution is 2.23. The van der Waals surface area contributed by atoms with Gasteiger partial charge in [-0.15, -0.1) is 11.6 Å². The number of piperidine rings is 1. The number of hydrogen-bond acceptors (Lipinski definition) is 4. The van der Waals surface area contributed by atoms with Crippen LogP contribution in [0, 0.1) is 0 Å². The summed E-state index contributed by atoms with van der Waals surface area (Å²) in [5.41, 5.74) is -1.13. The molecule has 84 valence electrons. The van der Waals surface area contributed by atoms with Crippen molar-refractivity contribution in [3.63, 3.8) is 0 Å². The van der Waals surface area contributed by atoms with Crippen LogP contribution in [-0.2, 0) is 10.0 Å². The number of nitrogens with zero attached hydrogens (tertiary/aromatic N) is 1. The summed E-state index contributed by atoms with van der Waals surface area (Å²) < 4.78 is 23.8. The Balaban J connectivity index is 2.60. The van der Waals surface area contributed by atoms with Crippen molar-refractivity contribution >= 4 is 21.6 Å². The third kappa shape index (κ3) is 2.58. The van der Waals surface area contributed by atoms with Crippen molar-refractivity contribution in [2.75, 3.05) is 24.9 Å². The smallest absolute Gasteiger partial charge is 0.228 e. The topological polar surface area (TPSA) is 77.8 Å². The summed E-state index contributed by atoms with van der Waals surface area (Å²) in [4.78, 5) is 0. The van der Waals surface area contributed by atoms with Crippen molar-refractivity contribution < 1.29 is 18.6 Å². The molecule has 1 saturated heterocycles. The lowest BCUT2D eigenvalue weighted by molar-refractivity contribution is -0.0479. The standard InChI is InChI=1S/C7H14ClNO4S/c8-6-14(12,13)9-3-1-7(11,5-10)2-4-9/h10-11H,1-6H2. The maximum atomic E-state index is 11.3. The van der Waals surface area contributed by atoms with Crippen molar-refractivity contribution in [3.05, 3.63) is 0 Å². The first-order valence-electron chi connectivity index (χ1n) is 4.30. The highest BCUT2D eigenvalue weighted by atomic mass is 35.5. The van der Waals surface area contributed by atoms with Crippen LogP contribution in [0.1, 0.15) is 12.8 Å². The molecule has 0 aromatic carbocycles. The molecule has 0 aromatic rings. The van der Waals surface area contributed by atoms with Gasteiger partial charge >= 0.3 is 0 Å². The molecule has 0 bridgehead atoms. The molecule has 5 nitrogen and oxygen atoms in total. The van der Waals surface area contributed by atoms with Gasteiger partial charge in [-0.3, -0.25) is 0 Å². The van der Waals surface area contributed by atoms with Crippen LogP contribution in [-0.4, -0.2) is 53.4 Å². The number of hydrogen-bond donors (Lipinski definition) is 2. The third-order valence-corrected chi connectivity index (χ3v) is 4.73. The van der Waals surface area contributed by atoms with Gasteiger partial charge in [0.2, 0.25) is 10.0 Å². The first-order chi connectivity index (χ1) is 6.43. The van der Waals surface area contributed by atoms with Crippen LogP contribution in [0.25, 0.3) is 0 Å². The summed E-state index contributed by atoms with van der Waals surface area (Å²) in [5, 5.41) is 18.0. The van der Waals surface area contributed by atoms with E-state index in [4.69, 9.17) is 16.7 Å². The Morgan fingerprint density at radius 3 is 2.21 bits per heavy atom. The fraction of sp³-hybridized carbons (Fsp3) is 1.00. The Hall–Kier alpha value is 0.120. The second-order valence-corrected chi connectivity index (χ2v) is 6.06. The summed E-state index contributed by atoms with van der Waals surface area (Å²) in [6.07, 6.45) is 0.499. The highest BCUT2D eigenvalue weighted by Gasteiger charge is 2.35. The summed E-state index contributed by atoms with van der Waals surface area (Å²) in [6, 6.07) is 0. The molecule has 1 rings (SSSR count). The van der Waals surface area contributed by atoms with E-state index in [2.05, 4.69) is 0 Å². The Labute approximate surface area is 88.3 Å². The van der Waals surface area contributed by atoms with Crippen LogP contribution in [0.4, 0.5) is 0 Å². The maximum Gasteiger partial charge on any atom is 0.228 e. The lowest BCUT2D eigenvalue weighted by atomic mass is 9.94. The second kappa shape index (κ2) is 4.32. The zero-order chi connectivity index (χ0) is 10.8. The zero-order valence-corrected chi connectivity index (χ0v) is 9.26. The quantitative estimate of drug-likeness (QED) is 0.645. The number of aliphatic hydroxyl groups is 2. The molecule has 1 fully saturated rings. The average Bonchev–Trinajstić information content (AvgIpc) is 2.19. The second-order valence-electron chi connectivity index (χ2n) is 3.50. The van der Waals surface area contributed by atoms with Gasteiger partial charge in [-0.05, 0) is 12.8 Å². The lowest BCUT2D eigenvalue weighted by Crippen LogP contribution is -2.48. The number of halogens is 1. The fourth-order valence-corrected chi connectivity index (χ4v) is 2.70. The Morgan fingerprint density at radius 2 is 1.86 bits per heavy atom. The van der Waals surface area contributed by atoms with Crippen LogP contribution >= 0.6 is 11.6 Å². The molecular formula is C7H14ClNO4S. The van der Waals surface area contributed by atoms with Crippen molar-refractivity contribution in [1.29, 1.82) is 0 Å². The van der Waals surface area contributed by atoms with Crippen molar-refractivity contribution in [3.8, 4) is 0 Å². The third-order valence-electron chi connectivity index (χ3n) is 2.48. The fourth-order valence-electron chi connectivity index (χ4n) is 1.41. The van der Waals surface area contributed by atoms with Crippen LogP contribution in [0.2, 0.25) is 0 Å². The summed E-state index contributed by atoms with van der Waals surface area (Å²) in [6.45, 7) is 0.0972. The van der Waals surface area contributed by atoms with Gasteiger partial charge in [0.25, 0.3) is 0 Å². The molecule has 14 heavy (non-hydrogen) atoms. The molecule has 0 radical (unpaired) electrons. The van der Waals surface area contributed by atoms with E-state index in [9.17, 15) is 13.5 Å². The molecule has 1 aliphatic heterocycles. The number of alkyl halides is 1. The minimum Gasteiger partial charge on any atom is -0.393 e. The van der Waals surface area contributed by atoms with Gasteiger partial charge in [-0.2, -0.15) is 0 Å². The largest absolute Gasteiger partial charge is 0.393 e. The van der Waals surface area contributed by atoms with Gasteiger partial charge in [0.1, 0.15) is 5.21 Å². The van der Waals surface area contributed by atoms with E-state index >= 15 is 0 Å². The van der Waals surface area contributed by atoms with E-state index < -0.39 is 20.8 Å². The Kier molecular flexibility index (Phi) is 3.76. The van der Waals surface area contributed by atoms with Crippen LogP contribution in [0.15, 0.2) is 0 Å². The molecule has 0 amide bonds. The molecule has 1 heterocycles. The molecule has 0 saturated carbocycles. The highest BCUT2D eigenvalue weighted by molar-refractivity contribution is 7.90. The molecule has 0 aliphatic carbocycles. The molecule has 0 spiro atoms. The van der Waals surface area contributed by atoms with Crippen LogP contribution in [0.3, 0.4) is 0 Å². The number of rotatable bonds is 3. The van der Waals surface area contributed by atoms with Gasteiger partial charge in [-0.25, -0.2) is 12.7 Å². The van der Waals surface area contributed by atoms with E-state index in [0.29, 0.717) is 0 Å². The molecule has 0 aromatic heterocycles. The van der Waals surface area contributed by atoms with Crippen LogP contribution < -0.4 is 0 Å². The van der Waals surface area contributed by atoms with Crippen LogP contribution in [0.5, 0.6) is 0 Å². The van der Waals surface area contributed by atoms with E-state index in [-0.39, 0.29) is 32.5 Å². The number of aliphatic hydroxyl groups excluding tert-OH is 1. The molecule has 1 aliphatic rings. The minimum atomic E-state index is -3.37. The Bertz CT molecular complexity index is 284. The first-order valence-corrected chi connectivity index (χ1v) is 6.45. The summed E-state index contributed by atoms with van der Waals surface area (Å²) in [7, 11) is -3.37. The minimum absolute atomic E-state index is 0.214. The maximum absolute atomic E-state index is 11.3. The van der Waals surface area contributed by atoms with Gasteiger partial charge in [0.15, 0.2) is 0 Å². The van der Waals surface area contributed by atoms with E-state index in [1.54, 1.807) is 0 Å². The van der Waals surface area contributed by atoms with Gasteiger partial charge < -0.3 is 10.2 Å². The average molecular weight is 244 g/mol.